The zero-order valence-corrected chi connectivity index (χ0v) is 18.4. The maximum Gasteiger partial charge on any atom is 0.311 e. The molecule has 0 amide bonds. The smallest absolute Gasteiger partial charge is 0.311 e. The number of carbonyl (C=O) groups is 1. The van der Waals surface area contributed by atoms with Gasteiger partial charge in [0.2, 0.25) is 0 Å². The van der Waals surface area contributed by atoms with Crippen LogP contribution >= 0.6 is 0 Å². The van der Waals surface area contributed by atoms with Crippen LogP contribution in [0.5, 0.6) is 11.5 Å². The molecule has 0 heterocycles. The third kappa shape index (κ3) is 7.93. The summed E-state index contributed by atoms with van der Waals surface area (Å²) in [6, 6.07) is 25.8. The van der Waals surface area contributed by atoms with Crippen molar-refractivity contribution >= 4 is 5.97 Å². The second-order valence-corrected chi connectivity index (χ2v) is 7.81. The summed E-state index contributed by atoms with van der Waals surface area (Å²) in [5.41, 5.74) is 3.32. The molecular weight excluding hydrogens is 384 g/mol. The van der Waals surface area contributed by atoms with Gasteiger partial charge in [0.15, 0.2) is 0 Å². The van der Waals surface area contributed by atoms with Crippen LogP contribution in [0.15, 0.2) is 78.9 Å². The fraction of sp³-hybridized carbons (Fsp3) is 0.321. The van der Waals surface area contributed by atoms with E-state index in [0.717, 1.165) is 35.3 Å². The van der Waals surface area contributed by atoms with Crippen molar-refractivity contribution in [3.8, 4) is 22.6 Å². The molecule has 3 nitrogen and oxygen atoms in total. The van der Waals surface area contributed by atoms with Gasteiger partial charge in [-0.1, -0.05) is 93.6 Å². The maximum atomic E-state index is 12.0. The molecule has 0 saturated carbocycles. The summed E-state index contributed by atoms with van der Waals surface area (Å²) in [4.78, 5) is 12.0. The van der Waals surface area contributed by atoms with Gasteiger partial charge in [-0.3, -0.25) is 4.79 Å². The second kappa shape index (κ2) is 12.6. The van der Waals surface area contributed by atoms with Crippen molar-refractivity contribution in [3.63, 3.8) is 0 Å². The van der Waals surface area contributed by atoms with Crippen LogP contribution in [0.3, 0.4) is 0 Å². The van der Waals surface area contributed by atoms with E-state index in [1.54, 1.807) is 0 Å². The first-order valence-corrected chi connectivity index (χ1v) is 11.3. The van der Waals surface area contributed by atoms with Crippen LogP contribution < -0.4 is 9.47 Å². The van der Waals surface area contributed by atoms with E-state index in [-0.39, 0.29) is 5.97 Å². The molecule has 31 heavy (non-hydrogen) atoms. The Bertz CT molecular complexity index is 899. The standard InChI is InChI=1S/C28H32O3/c1-2-3-4-5-6-10-13-28(29)31-27-20-16-25(17-21-27)24-14-18-26(19-15-24)30-22-23-11-8-7-9-12-23/h7-9,11-12,14-21H,2-6,10,13,22H2,1H3. The van der Waals surface area contributed by atoms with E-state index in [1.165, 1.54) is 25.7 Å². The second-order valence-electron chi connectivity index (χ2n) is 7.81. The minimum Gasteiger partial charge on any atom is -0.489 e. The van der Waals surface area contributed by atoms with Crippen LogP contribution in [0.2, 0.25) is 0 Å². The van der Waals surface area contributed by atoms with Gasteiger partial charge in [0, 0.05) is 6.42 Å². The predicted molar refractivity (Wildman–Crippen MR) is 126 cm³/mol. The van der Waals surface area contributed by atoms with E-state index in [4.69, 9.17) is 9.47 Å². The minimum absolute atomic E-state index is 0.150. The molecule has 3 aromatic rings. The fourth-order valence-corrected chi connectivity index (χ4v) is 3.43. The largest absolute Gasteiger partial charge is 0.489 e. The van der Waals surface area contributed by atoms with Crippen LogP contribution in [-0.2, 0) is 11.4 Å². The number of ether oxygens (including phenoxy) is 2. The molecule has 3 rings (SSSR count). The summed E-state index contributed by atoms with van der Waals surface area (Å²) in [5.74, 6) is 1.29. The van der Waals surface area contributed by atoms with Gasteiger partial charge in [-0.2, -0.15) is 0 Å². The summed E-state index contributed by atoms with van der Waals surface area (Å²) in [6.07, 6.45) is 7.46. The number of hydrogen-bond acceptors (Lipinski definition) is 3. The van der Waals surface area contributed by atoms with Gasteiger partial charge in [-0.25, -0.2) is 0 Å². The molecule has 162 valence electrons. The third-order valence-corrected chi connectivity index (χ3v) is 5.26. The first-order chi connectivity index (χ1) is 15.2. The zero-order valence-electron chi connectivity index (χ0n) is 18.4. The number of esters is 1. The van der Waals surface area contributed by atoms with Gasteiger partial charge in [0.25, 0.3) is 0 Å². The van der Waals surface area contributed by atoms with Crippen LogP contribution in [0.1, 0.15) is 57.4 Å². The van der Waals surface area contributed by atoms with Gasteiger partial charge in [-0.15, -0.1) is 0 Å². The summed E-state index contributed by atoms with van der Waals surface area (Å²) in [5, 5.41) is 0. The van der Waals surface area contributed by atoms with Crippen LogP contribution in [0, 0.1) is 0 Å². The summed E-state index contributed by atoms with van der Waals surface area (Å²) < 4.78 is 11.3. The first-order valence-electron chi connectivity index (χ1n) is 11.3. The van der Waals surface area contributed by atoms with Crippen LogP contribution in [0.25, 0.3) is 11.1 Å². The van der Waals surface area contributed by atoms with E-state index in [1.807, 2.05) is 66.7 Å². The average Bonchev–Trinajstić information content (AvgIpc) is 2.81. The predicted octanol–water partition coefficient (Wildman–Crippen LogP) is 7.59. The zero-order chi connectivity index (χ0) is 21.7. The Morgan fingerprint density at radius 1 is 0.677 bits per heavy atom. The highest BCUT2D eigenvalue weighted by molar-refractivity contribution is 5.73. The maximum absolute atomic E-state index is 12.0. The normalized spacial score (nSPS) is 10.6. The Morgan fingerprint density at radius 2 is 1.26 bits per heavy atom. The van der Waals surface area contributed by atoms with Crippen LogP contribution in [0.4, 0.5) is 0 Å². The van der Waals surface area contributed by atoms with Gasteiger partial charge >= 0.3 is 5.97 Å². The molecular formula is C28H32O3. The minimum atomic E-state index is -0.150. The molecule has 0 spiro atoms. The van der Waals surface area contributed by atoms with Crippen molar-refractivity contribution in [2.75, 3.05) is 0 Å². The number of unbranched alkanes of at least 4 members (excludes halogenated alkanes) is 5. The van der Waals surface area contributed by atoms with E-state index < -0.39 is 0 Å². The third-order valence-electron chi connectivity index (χ3n) is 5.26. The Labute approximate surface area is 186 Å². The highest BCUT2D eigenvalue weighted by Crippen LogP contribution is 2.25. The molecule has 0 N–H and O–H groups in total. The summed E-state index contributed by atoms with van der Waals surface area (Å²) >= 11 is 0. The Hall–Kier alpha value is -3.07. The molecule has 0 atom stereocenters. The molecule has 3 heteroatoms. The van der Waals surface area contributed by atoms with E-state index in [0.29, 0.717) is 18.8 Å². The lowest BCUT2D eigenvalue weighted by molar-refractivity contribution is -0.134. The van der Waals surface area contributed by atoms with Crippen molar-refractivity contribution in [1.82, 2.24) is 0 Å². The number of benzene rings is 3. The van der Waals surface area contributed by atoms with E-state index >= 15 is 0 Å². The molecule has 0 aliphatic carbocycles. The molecule has 0 saturated heterocycles. The molecule has 0 unspecified atom stereocenters. The number of rotatable bonds is 12. The van der Waals surface area contributed by atoms with E-state index in [9.17, 15) is 4.79 Å². The van der Waals surface area contributed by atoms with Crippen molar-refractivity contribution < 1.29 is 14.3 Å². The lowest BCUT2D eigenvalue weighted by Gasteiger charge is -2.09. The molecule has 0 aliphatic heterocycles. The quantitative estimate of drug-likeness (QED) is 0.173. The lowest BCUT2D eigenvalue weighted by Crippen LogP contribution is -2.07. The van der Waals surface area contributed by atoms with Gasteiger partial charge in [-0.05, 0) is 47.4 Å². The van der Waals surface area contributed by atoms with Crippen LogP contribution in [-0.4, -0.2) is 5.97 Å². The first kappa shape index (κ1) is 22.6. The van der Waals surface area contributed by atoms with Crippen molar-refractivity contribution in [3.05, 3.63) is 84.4 Å². The summed E-state index contributed by atoms with van der Waals surface area (Å²) in [6.45, 7) is 2.76. The lowest BCUT2D eigenvalue weighted by atomic mass is 10.1. The molecule has 3 aromatic carbocycles. The molecule has 0 fully saturated rings. The van der Waals surface area contributed by atoms with Crippen molar-refractivity contribution in [2.24, 2.45) is 0 Å². The van der Waals surface area contributed by atoms with Crippen molar-refractivity contribution in [2.45, 2.75) is 58.5 Å². The van der Waals surface area contributed by atoms with Gasteiger partial charge in [0.05, 0.1) is 0 Å². The molecule has 0 radical (unpaired) electrons. The monoisotopic (exact) mass is 416 g/mol. The van der Waals surface area contributed by atoms with Gasteiger partial charge in [0.1, 0.15) is 18.1 Å². The highest BCUT2D eigenvalue weighted by atomic mass is 16.5. The van der Waals surface area contributed by atoms with Gasteiger partial charge < -0.3 is 9.47 Å². The fourth-order valence-electron chi connectivity index (χ4n) is 3.43. The Balaban J connectivity index is 1.44. The van der Waals surface area contributed by atoms with E-state index in [2.05, 4.69) is 19.1 Å². The topological polar surface area (TPSA) is 35.5 Å². The highest BCUT2D eigenvalue weighted by Gasteiger charge is 2.06. The molecule has 0 aliphatic rings. The average molecular weight is 417 g/mol. The SMILES string of the molecule is CCCCCCCCC(=O)Oc1ccc(-c2ccc(OCc3ccccc3)cc2)cc1. The Morgan fingerprint density at radius 3 is 1.90 bits per heavy atom. The molecule has 0 aromatic heterocycles. The number of carbonyl (C=O) groups excluding carboxylic acids is 1. The number of hydrogen-bond donors (Lipinski definition) is 0. The van der Waals surface area contributed by atoms with Crippen molar-refractivity contribution in [1.29, 1.82) is 0 Å². The molecule has 0 bridgehead atoms. The Kier molecular flexibility index (Phi) is 9.18. The summed E-state index contributed by atoms with van der Waals surface area (Å²) in [7, 11) is 0.